The first kappa shape index (κ1) is 12.6. The van der Waals surface area contributed by atoms with Gasteiger partial charge in [0.15, 0.2) is 0 Å². The quantitative estimate of drug-likeness (QED) is 0.671. The van der Waals surface area contributed by atoms with Crippen LogP contribution >= 0.6 is 0 Å². The van der Waals surface area contributed by atoms with Crippen LogP contribution in [0, 0.1) is 13.5 Å². The van der Waals surface area contributed by atoms with Gasteiger partial charge in [-0.05, 0) is 6.92 Å². The molecule has 1 aromatic rings. The van der Waals surface area contributed by atoms with Gasteiger partial charge in [-0.15, -0.1) is 11.1 Å². The zero-order valence-electron chi connectivity index (χ0n) is 8.17. The molecule has 3 heteroatoms. The van der Waals surface area contributed by atoms with E-state index in [1.165, 1.54) is 11.1 Å². The van der Waals surface area contributed by atoms with E-state index in [1.807, 2.05) is 33.2 Å². The van der Waals surface area contributed by atoms with E-state index < -0.39 is 0 Å². The third kappa shape index (κ3) is 2.81. The number of nitrogens with zero attached hydrogens (tertiary/aromatic N) is 1. The van der Waals surface area contributed by atoms with Crippen LogP contribution in [-0.4, -0.2) is 4.98 Å². The van der Waals surface area contributed by atoms with Crippen molar-refractivity contribution in [3.63, 3.8) is 0 Å². The number of aryl methyl sites for hydroxylation is 1. The third-order valence-electron chi connectivity index (χ3n) is 1.74. The number of fused-ring (bicyclic) bond motifs is 1. The van der Waals surface area contributed by atoms with Crippen molar-refractivity contribution in [2.45, 2.75) is 27.4 Å². The van der Waals surface area contributed by atoms with Gasteiger partial charge in [0.05, 0.1) is 0 Å². The van der Waals surface area contributed by atoms with Crippen LogP contribution in [0.3, 0.4) is 0 Å². The Morgan fingerprint density at radius 2 is 2.08 bits per heavy atom. The smallest absolute Gasteiger partial charge is 0.0187 e. The van der Waals surface area contributed by atoms with Crippen LogP contribution in [-0.2, 0) is 31.8 Å². The van der Waals surface area contributed by atoms with Crippen molar-refractivity contribution in [2.75, 3.05) is 0 Å². The molecule has 0 aliphatic carbocycles. The molecule has 0 aromatic carbocycles. The minimum absolute atomic E-state index is 0. The van der Waals surface area contributed by atoms with Crippen molar-refractivity contribution >= 4 is 0 Å². The first-order valence-electron chi connectivity index (χ1n) is 4.26. The summed E-state index contributed by atoms with van der Waals surface area (Å²) in [7, 11) is 0. The Labute approximate surface area is 93.4 Å². The van der Waals surface area contributed by atoms with Crippen LogP contribution in [0.5, 0.6) is 0 Å². The Balaban J connectivity index is 0.000000451. The maximum Gasteiger partial charge on any atom is 0.0187 e. The second kappa shape index (κ2) is 6.15. The fourth-order valence-electron chi connectivity index (χ4n) is 1.13. The molecule has 0 N–H and O–H groups in total. The molecule has 1 radical (unpaired) electrons. The maximum atomic E-state index is 5.13. The molecule has 1 aliphatic heterocycles. The first-order valence-corrected chi connectivity index (χ1v) is 4.26. The maximum absolute atomic E-state index is 5.13. The zero-order chi connectivity index (χ0) is 8.97. The summed E-state index contributed by atoms with van der Waals surface area (Å²) < 4.78 is 5.13. The second-order valence-corrected chi connectivity index (χ2v) is 2.45. The van der Waals surface area contributed by atoms with E-state index in [0.29, 0.717) is 6.61 Å². The second-order valence-electron chi connectivity index (χ2n) is 2.45. The summed E-state index contributed by atoms with van der Waals surface area (Å²) in [5, 5.41) is 0. The predicted molar refractivity (Wildman–Crippen MR) is 48.5 cm³/mol. The average molecular weight is 350 g/mol. The molecule has 1 aliphatic rings. The van der Waals surface area contributed by atoms with Gasteiger partial charge in [0.1, 0.15) is 0 Å². The van der Waals surface area contributed by atoms with Gasteiger partial charge in [0.25, 0.3) is 0 Å². The average Bonchev–Trinajstić information content (AvgIpc) is 2.57. The SMILES string of the molecule is CC.Cc1cncc2c1CO[CH-]2.[Re]. The Bertz CT molecular complexity index is 263. The summed E-state index contributed by atoms with van der Waals surface area (Å²) in [6.07, 6.45) is 3.69. The van der Waals surface area contributed by atoms with Crippen LogP contribution in [0.2, 0.25) is 0 Å². The molecular weight excluding hydrogens is 336 g/mol. The molecule has 1 aromatic heterocycles. The summed E-state index contributed by atoms with van der Waals surface area (Å²) >= 11 is 0. The monoisotopic (exact) mass is 351 g/mol. The largest absolute Gasteiger partial charge is 0.421 e. The van der Waals surface area contributed by atoms with Gasteiger partial charge < -0.3 is 9.72 Å². The topological polar surface area (TPSA) is 22.1 Å². The van der Waals surface area contributed by atoms with Crippen molar-refractivity contribution in [3.05, 3.63) is 35.7 Å². The Morgan fingerprint density at radius 1 is 1.38 bits per heavy atom. The molecule has 0 atom stereocenters. The molecule has 0 saturated carbocycles. The van der Waals surface area contributed by atoms with E-state index in [9.17, 15) is 0 Å². The first-order chi connectivity index (χ1) is 5.88. The minimum atomic E-state index is 0. The third-order valence-corrected chi connectivity index (χ3v) is 1.74. The molecule has 2 heterocycles. The molecule has 73 valence electrons. The van der Waals surface area contributed by atoms with Gasteiger partial charge in [-0.25, -0.2) is 0 Å². The summed E-state index contributed by atoms with van der Waals surface area (Å²) in [4.78, 5) is 4.04. The Hall–Kier alpha value is -0.358. The Kier molecular flexibility index (Phi) is 5.98. The van der Waals surface area contributed by atoms with Crippen LogP contribution < -0.4 is 0 Å². The van der Waals surface area contributed by atoms with Crippen molar-refractivity contribution in [3.8, 4) is 0 Å². The van der Waals surface area contributed by atoms with Crippen molar-refractivity contribution in [1.29, 1.82) is 0 Å². The van der Waals surface area contributed by atoms with Gasteiger partial charge in [-0.1, -0.05) is 32.2 Å². The van der Waals surface area contributed by atoms with Crippen molar-refractivity contribution in [2.24, 2.45) is 0 Å². The Morgan fingerprint density at radius 3 is 2.69 bits per heavy atom. The summed E-state index contributed by atoms with van der Waals surface area (Å²) in [6, 6.07) is 0. The molecular formula is C10H14NORe-. The number of rotatable bonds is 0. The van der Waals surface area contributed by atoms with E-state index in [0.717, 1.165) is 5.56 Å². The zero-order valence-corrected chi connectivity index (χ0v) is 10.9. The number of hydrogen-bond acceptors (Lipinski definition) is 2. The standard InChI is InChI=1S/C8H8NO.C2H6.Re/c1-6-2-9-3-7-4-10-5-8(6)7;1-2;/h2-4H,5H2,1H3;1-2H3;/q-1;;. The molecule has 0 bridgehead atoms. The van der Waals surface area contributed by atoms with Crippen LogP contribution in [0.1, 0.15) is 30.5 Å². The molecule has 0 saturated heterocycles. The van der Waals surface area contributed by atoms with Gasteiger partial charge in [-0.3, -0.25) is 0 Å². The summed E-state index contributed by atoms with van der Waals surface area (Å²) in [6.45, 7) is 8.52. The fraction of sp³-hybridized carbons (Fsp3) is 0.400. The van der Waals surface area contributed by atoms with Gasteiger partial charge in [-0.2, -0.15) is 0 Å². The van der Waals surface area contributed by atoms with Gasteiger partial charge in [0, 0.05) is 33.2 Å². The number of aromatic nitrogens is 1. The molecule has 13 heavy (non-hydrogen) atoms. The molecule has 2 nitrogen and oxygen atoms in total. The van der Waals surface area contributed by atoms with E-state index in [2.05, 4.69) is 4.98 Å². The number of hydrogen-bond donors (Lipinski definition) is 0. The predicted octanol–water partition coefficient (Wildman–Crippen LogP) is 2.45. The summed E-state index contributed by atoms with van der Waals surface area (Å²) in [5.74, 6) is 0. The number of ether oxygens (including phenoxy) is 1. The molecule has 2 rings (SSSR count). The number of pyridine rings is 1. The minimum Gasteiger partial charge on any atom is -0.421 e. The van der Waals surface area contributed by atoms with Crippen molar-refractivity contribution < 1.29 is 25.2 Å². The van der Waals surface area contributed by atoms with E-state index in [-0.39, 0.29) is 20.4 Å². The van der Waals surface area contributed by atoms with Gasteiger partial charge in [0.2, 0.25) is 0 Å². The summed E-state index contributed by atoms with van der Waals surface area (Å²) in [5.41, 5.74) is 3.61. The van der Waals surface area contributed by atoms with E-state index in [4.69, 9.17) is 4.74 Å². The molecule has 0 unspecified atom stereocenters. The van der Waals surface area contributed by atoms with E-state index in [1.54, 1.807) is 6.61 Å². The van der Waals surface area contributed by atoms with E-state index >= 15 is 0 Å². The van der Waals surface area contributed by atoms with Crippen molar-refractivity contribution in [1.82, 2.24) is 4.98 Å². The molecule has 0 spiro atoms. The van der Waals surface area contributed by atoms with Gasteiger partial charge >= 0.3 is 0 Å². The van der Waals surface area contributed by atoms with Crippen LogP contribution in [0.25, 0.3) is 0 Å². The normalized spacial score (nSPS) is 11.6. The molecule has 0 amide bonds. The fourth-order valence-corrected chi connectivity index (χ4v) is 1.13. The van der Waals surface area contributed by atoms with Crippen LogP contribution in [0.4, 0.5) is 0 Å². The molecule has 0 fully saturated rings. The van der Waals surface area contributed by atoms with Crippen LogP contribution in [0.15, 0.2) is 12.4 Å².